The molecule has 1 heterocycles. The molecule has 0 atom stereocenters. The standard InChI is InChI=1S/C19H18BrN5O3/c1-12-18(19(27)22-15-5-3-4-6-16(15)28-2)23-24-25(12)11-17(26)21-14-9-7-13(20)8-10-14/h3-10H,11H2,1-2H3,(H,21,26)(H,22,27). The Morgan fingerprint density at radius 3 is 2.54 bits per heavy atom. The number of aromatic nitrogens is 3. The minimum atomic E-state index is -0.429. The summed E-state index contributed by atoms with van der Waals surface area (Å²) in [5.41, 5.74) is 1.82. The first-order valence-electron chi connectivity index (χ1n) is 8.38. The van der Waals surface area contributed by atoms with Gasteiger partial charge in [-0.15, -0.1) is 5.10 Å². The van der Waals surface area contributed by atoms with Crippen LogP contribution in [0.5, 0.6) is 5.75 Å². The number of rotatable bonds is 6. The maximum Gasteiger partial charge on any atom is 0.278 e. The van der Waals surface area contributed by atoms with Crippen LogP contribution in [0.4, 0.5) is 11.4 Å². The van der Waals surface area contributed by atoms with E-state index in [-0.39, 0.29) is 18.1 Å². The quantitative estimate of drug-likeness (QED) is 0.609. The number of para-hydroxylation sites is 2. The molecule has 9 heteroatoms. The Kier molecular flexibility index (Phi) is 6.05. The lowest BCUT2D eigenvalue weighted by Gasteiger charge is -2.09. The van der Waals surface area contributed by atoms with Crippen LogP contribution >= 0.6 is 15.9 Å². The van der Waals surface area contributed by atoms with Crippen LogP contribution in [-0.2, 0) is 11.3 Å². The number of carbonyl (C=O) groups excluding carboxylic acids is 2. The Bertz CT molecular complexity index is 1000. The summed E-state index contributed by atoms with van der Waals surface area (Å²) >= 11 is 3.34. The van der Waals surface area contributed by atoms with E-state index >= 15 is 0 Å². The lowest BCUT2D eigenvalue weighted by atomic mass is 10.2. The number of hydrogen-bond acceptors (Lipinski definition) is 5. The van der Waals surface area contributed by atoms with Crippen molar-refractivity contribution in [1.29, 1.82) is 0 Å². The van der Waals surface area contributed by atoms with Crippen LogP contribution in [-0.4, -0.2) is 33.9 Å². The molecule has 0 aliphatic rings. The van der Waals surface area contributed by atoms with Gasteiger partial charge in [0.25, 0.3) is 5.91 Å². The van der Waals surface area contributed by atoms with Gasteiger partial charge in [0.15, 0.2) is 5.69 Å². The number of amides is 2. The lowest BCUT2D eigenvalue weighted by Crippen LogP contribution is -2.21. The van der Waals surface area contributed by atoms with E-state index in [1.165, 1.54) is 11.8 Å². The molecule has 8 nitrogen and oxygen atoms in total. The fourth-order valence-electron chi connectivity index (χ4n) is 2.52. The molecule has 0 spiro atoms. The highest BCUT2D eigenvalue weighted by molar-refractivity contribution is 9.10. The molecule has 1 aromatic heterocycles. The average Bonchev–Trinajstić information content (AvgIpc) is 3.04. The zero-order chi connectivity index (χ0) is 20.1. The number of hydrogen-bond donors (Lipinski definition) is 2. The summed E-state index contributed by atoms with van der Waals surface area (Å²) < 4.78 is 7.52. The minimum absolute atomic E-state index is 0.0587. The molecule has 3 aromatic rings. The molecule has 0 unspecified atom stereocenters. The SMILES string of the molecule is COc1ccccc1NC(=O)c1nnn(CC(=O)Nc2ccc(Br)cc2)c1C. The van der Waals surface area contributed by atoms with Crippen LogP contribution in [0.2, 0.25) is 0 Å². The first kappa shape index (κ1) is 19.6. The summed E-state index contributed by atoms with van der Waals surface area (Å²) in [6.07, 6.45) is 0. The Labute approximate surface area is 170 Å². The molecule has 0 fully saturated rings. The van der Waals surface area contributed by atoms with Crippen molar-refractivity contribution >= 4 is 39.1 Å². The highest BCUT2D eigenvalue weighted by atomic mass is 79.9. The third-order valence-corrected chi connectivity index (χ3v) is 4.50. The van der Waals surface area contributed by atoms with Gasteiger partial charge in [0.05, 0.1) is 18.5 Å². The number of nitrogens with one attached hydrogen (secondary N) is 2. The van der Waals surface area contributed by atoms with Crippen molar-refractivity contribution in [3.63, 3.8) is 0 Å². The van der Waals surface area contributed by atoms with Crippen LogP contribution in [0.1, 0.15) is 16.2 Å². The summed E-state index contributed by atoms with van der Waals surface area (Å²) in [5, 5.41) is 13.4. The number of benzene rings is 2. The summed E-state index contributed by atoms with van der Waals surface area (Å²) in [6, 6.07) is 14.3. The van der Waals surface area contributed by atoms with Crippen LogP contribution in [0.25, 0.3) is 0 Å². The number of carbonyl (C=O) groups is 2. The van der Waals surface area contributed by atoms with Crippen molar-refractivity contribution in [2.45, 2.75) is 13.5 Å². The normalized spacial score (nSPS) is 10.4. The molecule has 2 N–H and O–H groups in total. The predicted octanol–water partition coefficient (Wildman–Crippen LogP) is 3.25. The van der Waals surface area contributed by atoms with Crippen LogP contribution in [0.3, 0.4) is 0 Å². The number of anilines is 2. The van der Waals surface area contributed by atoms with Gasteiger partial charge >= 0.3 is 0 Å². The molecule has 0 aliphatic heterocycles. The van der Waals surface area contributed by atoms with E-state index in [1.807, 2.05) is 12.1 Å². The highest BCUT2D eigenvalue weighted by Crippen LogP contribution is 2.23. The second-order valence-electron chi connectivity index (χ2n) is 5.89. The fourth-order valence-corrected chi connectivity index (χ4v) is 2.78. The van der Waals surface area contributed by atoms with Gasteiger partial charge in [-0.25, -0.2) is 4.68 Å². The predicted molar refractivity (Wildman–Crippen MR) is 108 cm³/mol. The third kappa shape index (κ3) is 4.55. The summed E-state index contributed by atoms with van der Waals surface area (Å²) in [6.45, 7) is 1.63. The van der Waals surface area contributed by atoms with Crippen LogP contribution in [0.15, 0.2) is 53.0 Å². The zero-order valence-corrected chi connectivity index (χ0v) is 16.9. The Morgan fingerprint density at radius 1 is 1.11 bits per heavy atom. The molecule has 2 aromatic carbocycles. The van der Waals surface area contributed by atoms with Gasteiger partial charge in [0, 0.05) is 10.2 Å². The molecule has 0 saturated heterocycles. The van der Waals surface area contributed by atoms with Gasteiger partial charge in [0.2, 0.25) is 5.91 Å². The van der Waals surface area contributed by atoms with E-state index in [2.05, 4.69) is 36.9 Å². The zero-order valence-electron chi connectivity index (χ0n) is 15.3. The first-order chi connectivity index (χ1) is 13.5. The number of halogens is 1. The molecule has 0 radical (unpaired) electrons. The van der Waals surface area contributed by atoms with E-state index < -0.39 is 5.91 Å². The smallest absolute Gasteiger partial charge is 0.278 e. The van der Waals surface area contributed by atoms with Crippen LogP contribution in [0, 0.1) is 6.92 Å². The molecule has 3 rings (SSSR count). The number of ether oxygens (including phenoxy) is 1. The molecule has 0 aliphatic carbocycles. The number of methoxy groups -OCH3 is 1. The molecule has 28 heavy (non-hydrogen) atoms. The van der Waals surface area contributed by atoms with Crippen molar-refractivity contribution in [2.75, 3.05) is 17.7 Å². The maximum absolute atomic E-state index is 12.5. The molecular weight excluding hydrogens is 426 g/mol. The first-order valence-corrected chi connectivity index (χ1v) is 9.17. The summed E-state index contributed by atoms with van der Waals surface area (Å²) in [7, 11) is 1.52. The van der Waals surface area contributed by atoms with Gasteiger partial charge < -0.3 is 15.4 Å². The van der Waals surface area contributed by atoms with Crippen molar-refractivity contribution < 1.29 is 14.3 Å². The van der Waals surface area contributed by atoms with Crippen molar-refractivity contribution in [3.05, 3.63) is 64.4 Å². The largest absolute Gasteiger partial charge is 0.495 e. The Balaban J connectivity index is 1.68. The van der Waals surface area contributed by atoms with Gasteiger partial charge in [-0.3, -0.25) is 9.59 Å². The molecule has 0 saturated carbocycles. The minimum Gasteiger partial charge on any atom is -0.495 e. The van der Waals surface area contributed by atoms with Crippen molar-refractivity contribution in [1.82, 2.24) is 15.0 Å². The molecule has 144 valence electrons. The third-order valence-electron chi connectivity index (χ3n) is 3.97. The van der Waals surface area contributed by atoms with E-state index in [1.54, 1.807) is 43.3 Å². The summed E-state index contributed by atoms with van der Waals surface area (Å²) in [5.74, 6) is -0.164. The second kappa shape index (κ2) is 8.66. The second-order valence-corrected chi connectivity index (χ2v) is 6.81. The molecular formula is C19H18BrN5O3. The van der Waals surface area contributed by atoms with E-state index in [0.29, 0.717) is 22.8 Å². The fraction of sp³-hybridized carbons (Fsp3) is 0.158. The van der Waals surface area contributed by atoms with E-state index in [4.69, 9.17) is 4.74 Å². The van der Waals surface area contributed by atoms with Gasteiger partial charge in [0.1, 0.15) is 12.3 Å². The van der Waals surface area contributed by atoms with Crippen molar-refractivity contribution in [3.8, 4) is 5.75 Å². The monoisotopic (exact) mass is 443 g/mol. The summed E-state index contributed by atoms with van der Waals surface area (Å²) in [4.78, 5) is 24.8. The number of nitrogens with zero attached hydrogens (tertiary/aromatic N) is 3. The van der Waals surface area contributed by atoms with Crippen molar-refractivity contribution in [2.24, 2.45) is 0 Å². The topological polar surface area (TPSA) is 98.1 Å². The van der Waals surface area contributed by atoms with Gasteiger partial charge in [-0.05, 0) is 43.3 Å². The van der Waals surface area contributed by atoms with Gasteiger partial charge in [-0.1, -0.05) is 33.3 Å². The van der Waals surface area contributed by atoms with E-state index in [9.17, 15) is 9.59 Å². The Hall–Kier alpha value is -3.20. The van der Waals surface area contributed by atoms with Gasteiger partial charge in [-0.2, -0.15) is 0 Å². The van der Waals surface area contributed by atoms with Crippen LogP contribution < -0.4 is 15.4 Å². The Morgan fingerprint density at radius 2 is 1.82 bits per heavy atom. The lowest BCUT2D eigenvalue weighted by molar-refractivity contribution is -0.117. The average molecular weight is 444 g/mol. The highest BCUT2D eigenvalue weighted by Gasteiger charge is 2.19. The molecule has 0 bridgehead atoms. The molecule has 2 amide bonds. The maximum atomic E-state index is 12.5. The van der Waals surface area contributed by atoms with E-state index in [0.717, 1.165) is 4.47 Å².